The average molecular weight is 405 g/mol. The standard InChI is InChI=1S/C19H17ClN2O4S/c20-15-12-17(25-11-10-22-16-6-8-21-9-7-16)14-18(13-15)26-27(23,24)19-4-2-1-3-5-19/h1-9,12-14H,10-11H2,(H,21,22). The summed E-state index contributed by atoms with van der Waals surface area (Å²) in [6, 6.07) is 16.1. The largest absolute Gasteiger partial charge is 0.492 e. The van der Waals surface area contributed by atoms with Crippen molar-refractivity contribution in [2.75, 3.05) is 18.5 Å². The molecule has 0 aliphatic rings. The van der Waals surface area contributed by atoms with Gasteiger partial charge in [-0.15, -0.1) is 0 Å². The third kappa shape index (κ3) is 5.60. The SMILES string of the molecule is O=S(=O)(Oc1cc(Cl)cc(OCCNc2ccncc2)c1)c1ccccc1. The molecule has 0 aliphatic carbocycles. The Labute approximate surface area is 162 Å². The molecule has 0 amide bonds. The number of nitrogens with zero attached hydrogens (tertiary/aromatic N) is 1. The normalized spacial score (nSPS) is 11.0. The number of pyridine rings is 1. The number of hydrogen-bond acceptors (Lipinski definition) is 6. The van der Waals surface area contributed by atoms with Crippen molar-refractivity contribution in [2.24, 2.45) is 0 Å². The first-order valence-corrected chi connectivity index (χ1v) is 9.88. The van der Waals surface area contributed by atoms with Crippen LogP contribution in [0.1, 0.15) is 0 Å². The highest BCUT2D eigenvalue weighted by atomic mass is 35.5. The molecule has 0 atom stereocenters. The lowest BCUT2D eigenvalue weighted by Gasteiger charge is -2.11. The third-order valence-corrected chi connectivity index (χ3v) is 4.94. The van der Waals surface area contributed by atoms with Crippen molar-refractivity contribution in [3.05, 3.63) is 78.1 Å². The molecule has 3 aromatic rings. The van der Waals surface area contributed by atoms with Crippen molar-refractivity contribution in [1.82, 2.24) is 4.98 Å². The van der Waals surface area contributed by atoms with Crippen LogP contribution in [-0.4, -0.2) is 26.6 Å². The van der Waals surface area contributed by atoms with Crippen LogP contribution in [0.25, 0.3) is 0 Å². The Morgan fingerprint density at radius 2 is 1.67 bits per heavy atom. The van der Waals surface area contributed by atoms with E-state index in [0.717, 1.165) is 5.69 Å². The zero-order valence-corrected chi connectivity index (χ0v) is 15.8. The van der Waals surface area contributed by atoms with E-state index in [1.54, 1.807) is 36.7 Å². The molecule has 0 saturated heterocycles. The summed E-state index contributed by atoms with van der Waals surface area (Å²) in [5, 5.41) is 3.49. The Hall–Kier alpha value is -2.77. The number of halogens is 1. The summed E-state index contributed by atoms with van der Waals surface area (Å²) in [5.74, 6) is 0.501. The van der Waals surface area contributed by atoms with Crippen LogP contribution in [0, 0.1) is 0 Å². The molecule has 0 unspecified atom stereocenters. The fraction of sp³-hybridized carbons (Fsp3) is 0.105. The second kappa shape index (κ2) is 8.75. The van der Waals surface area contributed by atoms with Gasteiger partial charge in [0.05, 0.1) is 0 Å². The molecule has 0 bridgehead atoms. The van der Waals surface area contributed by atoms with Gasteiger partial charge in [0.2, 0.25) is 0 Å². The maximum Gasteiger partial charge on any atom is 0.339 e. The van der Waals surface area contributed by atoms with Crippen molar-refractivity contribution >= 4 is 27.4 Å². The summed E-state index contributed by atoms with van der Waals surface area (Å²) in [6.45, 7) is 0.905. The van der Waals surface area contributed by atoms with E-state index >= 15 is 0 Å². The second-order valence-electron chi connectivity index (χ2n) is 5.48. The number of benzene rings is 2. The zero-order valence-electron chi connectivity index (χ0n) is 14.2. The molecule has 0 saturated carbocycles. The lowest BCUT2D eigenvalue weighted by atomic mass is 10.3. The maximum absolute atomic E-state index is 12.3. The molecule has 0 aliphatic heterocycles. The monoisotopic (exact) mass is 404 g/mol. The van der Waals surface area contributed by atoms with E-state index in [4.69, 9.17) is 20.5 Å². The molecule has 1 N–H and O–H groups in total. The Bertz CT molecular complexity index is 983. The van der Waals surface area contributed by atoms with E-state index in [9.17, 15) is 8.42 Å². The number of hydrogen-bond donors (Lipinski definition) is 1. The minimum atomic E-state index is -3.94. The van der Waals surface area contributed by atoms with E-state index in [-0.39, 0.29) is 10.6 Å². The van der Waals surface area contributed by atoms with Crippen molar-refractivity contribution < 1.29 is 17.3 Å². The minimum Gasteiger partial charge on any atom is -0.492 e. The smallest absolute Gasteiger partial charge is 0.339 e. The van der Waals surface area contributed by atoms with Gasteiger partial charge in [-0.2, -0.15) is 8.42 Å². The first-order valence-electron chi connectivity index (χ1n) is 8.10. The van der Waals surface area contributed by atoms with Gasteiger partial charge in [-0.25, -0.2) is 0 Å². The van der Waals surface area contributed by atoms with Gasteiger partial charge in [0.25, 0.3) is 0 Å². The Morgan fingerprint density at radius 3 is 2.41 bits per heavy atom. The zero-order chi connectivity index (χ0) is 19.1. The van der Waals surface area contributed by atoms with E-state index in [2.05, 4.69) is 10.3 Å². The number of anilines is 1. The highest BCUT2D eigenvalue weighted by Gasteiger charge is 2.17. The first-order chi connectivity index (χ1) is 13.0. The topological polar surface area (TPSA) is 77.5 Å². The Balaban J connectivity index is 1.62. The first kappa shape index (κ1) is 19.0. The van der Waals surface area contributed by atoms with Crippen molar-refractivity contribution in [2.45, 2.75) is 4.90 Å². The predicted molar refractivity (Wildman–Crippen MR) is 104 cm³/mol. The Morgan fingerprint density at radius 1 is 0.963 bits per heavy atom. The van der Waals surface area contributed by atoms with Crippen molar-refractivity contribution in [3.8, 4) is 11.5 Å². The summed E-state index contributed by atoms with van der Waals surface area (Å²) in [4.78, 5) is 4.01. The highest BCUT2D eigenvalue weighted by molar-refractivity contribution is 7.87. The average Bonchev–Trinajstić information content (AvgIpc) is 2.66. The number of aromatic nitrogens is 1. The lowest BCUT2D eigenvalue weighted by molar-refractivity contribution is 0.331. The molecule has 1 heterocycles. The van der Waals surface area contributed by atoms with Crippen LogP contribution >= 0.6 is 11.6 Å². The molecule has 0 radical (unpaired) electrons. The molecule has 1 aromatic heterocycles. The third-order valence-electron chi connectivity index (χ3n) is 3.46. The molecule has 2 aromatic carbocycles. The van der Waals surface area contributed by atoms with Crippen LogP contribution in [0.5, 0.6) is 11.5 Å². The van der Waals surface area contributed by atoms with Crippen LogP contribution in [0.15, 0.2) is 78.0 Å². The van der Waals surface area contributed by atoms with Gasteiger partial charge < -0.3 is 14.2 Å². The molecule has 140 valence electrons. The van der Waals surface area contributed by atoms with E-state index < -0.39 is 10.1 Å². The summed E-state index contributed by atoms with van der Waals surface area (Å²) >= 11 is 6.06. The fourth-order valence-electron chi connectivity index (χ4n) is 2.26. The molecule has 0 fully saturated rings. The Kier molecular flexibility index (Phi) is 6.16. The van der Waals surface area contributed by atoms with Gasteiger partial charge in [0.1, 0.15) is 23.0 Å². The summed E-state index contributed by atoms with van der Waals surface area (Å²) in [6.07, 6.45) is 3.38. The minimum absolute atomic E-state index is 0.0639. The van der Waals surface area contributed by atoms with Gasteiger partial charge in [0, 0.05) is 41.8 Å². The molecule has 8 heteroatoms. The van der Waals surface area contributed by atoms with Crippen LogP contribution in [-0.2, 0) is 10.1 Å². The van der Waals surface area contributed by atoms with Crippen LogP contribution in [0.4, 0.5) is 5.69 Å². The van der Waals surface area contributed by atoms with Gasteiger partial charge >= 0.3 is 10.1 Å². The maximum atomic E-state index is 12.3. The van der Waals surface area contributed by atoms with Gasteiger partial charge in [0.15, 0.2) is 0 Å². The van der Waals surface area contributed by atoms with E-state index in [0.29, 0.717) is 23.9 Å². The number of rotatable bonds is 8. The summed E-state index contributed by atoms with van der Waals surface area (Å²) in [7, 11) is -3.94. The second-order valence-corrected chi connectivity index (χ2v) is 7.47. The highest BCUT2D eigenvalue weighted by Crippen LogP contribution is 2.28. The molecule has 0 spiro atoms. The molecule has 3 rings (SSSR count). The van der Waals surface area contributed by atoms with Gasteiger partial charge in [-0.05, 0) is 30.3 Å². The lowest BCUT2D eigenvalue weighted by Crippen LogP contribution is -2.12. The summed E-state index contributed by atoms with van der Waals surface area (Å²) < 4.78 is 35.4. The molecular weight excluding hydrogens is 388 g/mol. The summed E-state index contributed by atoms with van der Waals surface area (Å²) in [5.41, 5.74) is 0.928. The van der Waals surface area contributed by atoms with Crippen LogP contribution in [0.3, 0.4) is 0 Å². The fourth-order valence-corrected chi connectivity index (χ4v) is 3.42. The van der Waals surface area contributed by atoms with Crippen molar-refractivity contribution in [3.63, 3.8) is 0 Å². The van der Waals surface area contributed by atoms with E-state index in [1.807, 2.05) is 12.1 Å². The van der Waals surface area contributed by atoms with Gasteiger partial charge in [-0.1, -0.05) is 29.8 Å². The molecule has 6 nitrogen and oxygen atoms in total. The molecule has 27 heavy (non-hydrogen) atoms. The van der Waals surface area contributed by atoms with Crippen LogP contribution in [0.2, 0.25) is 5.02 Å². The van der Waals surface area contributed by atoms with Gasteiger partial charge in [-0.3, -0.25) is 4.98 Å². The molecular formula is C19H17ClN2O4S. The number of ether oxygens (including phenoxy) is 1. The van der Waals surface area contributed by atoms with E-state index in [1.165, 1.54) is 24.3 Å². The quantitative estimate of drug-likeness (QED) is 0.451. The predicted octanol–water partition coefficient (Wildman–Crippen LogP) is 3.99. The van der Waals surface area contributed by atoms with Crippen molar-refractivity contribution in [1.29, 1.82) is 0 Å². The number of nitrogens with one attached hydrogen (secondary N) is 1. The van der Waals surface area contributed by atoms with Crippen LogP contribution < -0.4 is 14.2 Å².